The Labute approximate surface area is 127 Å². The molecule has 3 aromatic heterocycles. The van der Waals surface area contributed by atoms with Crippen molar-refractivity contribution in [2.75, 3.05) is 11.9 Å². The maximum atomic E-state index is 4.41. The van der Waals surface area contributed by atoms with Crippen molar-refractivity contribution in [1.82, 2.24) is 19.9 Å². The fourth-order valence-electron chi connectivity index (χ4n) is 2.24. The molecule has 0 fully saturated rings. The summed E-state index contributed by atoms with van der Waals surface area (Å²) in [5.41, 5.74) is 4.12. The molecule has 0 aliphatic carbocycles. The van der Waals surface area contributed by atoms with Crippen LogP contribution in [-0.2, 0) is 6.42 Å². The van der Waals surface area contributed by atoms with Crippen LogP contribution in [0.25, 0.3) is 10.6 Å². The third-order valence-electron chi connectivity index (χ3n) is 3.11. The number of nitrogens with one attached hydrogen (secondary N) is 2. The van der Waals surface area contributed by atoms with Crippen LogP contribution in [0.15, 0.2) is 29.9 Å². The van der Waals surface area contributed by atoms with E-state index in [0.29, 0.717) is 5.95 Å². The van der Waals surface area contributed by atoms with Crippen molar-refractivity contribution < 1.29 is 0 Å². The van der Waals surface area contributed by atoms with Crippen LogP contribution in [0.4, 0.5) is 5.95 Å². The van der Waals surface area contributed by atoms with Crippen LogP contribution in [0.1, 0.15) is 17.1 Å². The fourth-order valence-corrected chi connectivity index (χ4v) is 2.99. The highest BCUT2D eigenvalue weighted by Crippen LogP contribution is 2.25. The molecule has 3 aromatic rings. The predicted octanol–water partition coefficient (Wildman–Crippen LogP) is 3.20. The third-order valence-corrected chi connectivity index (χ3v) is 3.99. The first-order chi connectivity index (χ1) is 10.2. The van der Waals surface area contributed by atoms with Gasteiger partial charge in [0.05, 0.1) is 11.2 Å². The Balaban J connectivity index is 1.65. The topological polar surface area (TPSA) is 66.5 Å². The molecule has 6 heteroatoms. The second-order valence-corrected chi connectivity index (χ2v) is 5.81. The van der Waals surface area contributed by atoms with Gasteiger partial charge in [0.15, 0.2) is 0 Å². The lowest BCUT2D eigenvalue weighted by molar-refractivity contribution is 0.941. The maximum absolute atomic E-state index is 4.41. The number of hydrogen-bond acceptors (Lipinski definition) is 5. The predicted molar refractivity (Wildman–Crippen MR) is 85.6 cm³/mol. The van der Waals surface area contributed by atoms with E-state index in [4.69, 9.17) is 0 Å². The Kier molecular flexibility index (Phi) is 3.96. The van der Waals surface area contributed by atoms with E-state index >= 15 is 0 Å². The van der Waals surface area contributed by atoms with E-state index < -0.39 is 0 Å². The lowest BCUT2D eigenvalue weighted by atomic mass is 10.2. The lowest BCUT2D eigenvalue weighted by Gasteiger charge is -2.06. The molecule has 0 unspecified atom stereocenters. The zero-order valence-corrected chi connectivity index (χ0v) is 12.9. The number of anilines is 1. The summed E-state index contributed by atoms with van der Waals surface area (Å²) in [6.07, 6.45) is 2.60. The van der Waals surface area contributed by atoms with E-state index in [1.165, 1.54) is 4.88 Å². The van der Waals surface area contributed by atoms with E-state index in [9.17, 15) is 0 Å². The molecular weight excluding hydrogens is 282 g/mol. The molecule has 3 rings (SSSR count). The number of aromatic amines is 1. The van der Waals surface area contributed by atoms with E-state index in [1.54, 1.807) is 17.7 Å². The average Bonchev–Trinajstić information content (AvgIpc) is 3.07. The van der Waals surface area contributed by atoms with E-state index in [0.717, 1.165) is 35.7 Å². The van der Waals surface area contributed by atoms with Crippen LogP contribution >= 0.6 is 11.3 Å². The van der Waals surface area contributed by atoms with Crippen LogP contribution in [0.5, 0.6) is 0 Å². The van der Waals surface area contributed by atoms with Gasteiger partial charge >= 0.3 is 0 Å². The first-order valence-corrected chi connectivity index (χ1v) is 7.72. The number of hydrogen-bond donors (Lipinski definition) is 2. The van der Waals surface area contributed by atoms with Gasteiger partial charge in [-0.15, -0.1) is 11.3 Å². The fraction of sp³-hybridized carbons (Fsp3) is 0.267. The molecule has 2 N–H and O–H groups in total. The quantitative estimate of drug-likeness (QED) is 0.759. The van der Waals surface area contributed by atoms with Gasteiger partial charge in [-0.05, 0) is 31.4 Å². The minimum Gasteiger partial charge on any atom is -0.354 e. The molecule has 0 bridgehead atoms. The summed E-state index contributed by atoms with van der Waals surface area (Å²) in [6.45, 7) is 4.72. The van der Waals surface area contributed by atoms with Gasteiger partial charge in [0, 0.05) is 30.0 Å². The largest absolute Gasteiger partial charge is 0.354 e. The summed E-state index contributed by atoms with van der Waals surface area (Å²) < 4.78 is 0. The molecule has 0 saturated carbocycles. The number of aryl methyl sites for hydroxylation is 2. The van der Waals surface area contributed by atoms with E-state index in [1.807, 2.05) is 26.0 Å². The molecule has 3 heterocycles. The molecule has 0 aliphatic rings. The molecule has 0 spiro atoms. The number of imidazole rings is 1. The molecule has 0 radical (unpaired) electrons. The number of H-pyrrole nitrogens is 1. The molecule has 0 aromatic carbocycles. The monoisotopic (exact) mass is 299 g/mol. The first kappa shape index (κ1) is 13.8. The zero-order valence-electron chi connectivity index (χ0n) is 12.1. The first-order valence-electron chi connectivity index (χ1n) is 6.84. The van der Waals surface area contributed by atoms with Crippen LogP contribution in [0.2, 0.25) is 0 Å². The van der Waals surface area contributed by atoms with E-state index in [2.05, 4.69) is 36.7 Å². The highest BCUT2D eigenvalue weighted by Gasteiger charge is 2.09. The summed E-state index contributed by atoms with van der Waals surface area (Å²) in [4.78, 5) is 17.6. The number of rotatable bonds is 5. The molecule has 108 valence electrons. The molecular formula is C15H17N5S. The number of nitrogens with zero attached hydrogens (tertiary/aromatic N) is 3. The average molecular weight is 299 g/mol. The highest BCUT2D eigenvalue weighted by atomic mass is 32.1. The number of thiophene rings is 1. The van der Waals surface area contributed by atoms with Crippen molar-refractivity contribution in [3.05, 3.63) is 47.0 Å². The van der Waals surface area contributed by atoms with Gasteiger partial charge in [-0.1, -0.05) is 6.07 Å². The summed E-state index contributed by atoms with van der Waals surface area (Å²) in [5.74, 6) is 0.685. The van der Waals surface area contributed by atoms with Crippen LogP contribution in [-0.4, -0.2) is 26.5 Å². The molecule has 5 nitrogen and oxygen atoms in total. The Hall–Kier alpha value is -2.21. The molecule has 0 atom stereocenters. The summed E-state index contributed by atoms with van der Waals surface area (Å²) >= 11 is 1.70. The minimum absolute atomic E-state index is 0.685. The van der Waals surface area contributed by atoms with Gasteiger partial charge in [0.25, 0.3) is 0 Å². The second kappa shape index (κ2) is 6.05. The molecule has 0 saturated heterocycles. The van der Waals surface area contributed by atoms with E-state index in [-0.39, 0.29) is 0 Å². The van der Waals surface area contributed by atoms with Crippen LogP contribution in [0, 0.1) is 13.8 Å². The van der Waals surface area contributed by atoms with Gasteiger partial charge in [-0.25, -0.2) is 15.0 Å². The smallest absolute Gasteiger partial charge is 0.223 e. The SMILES string of the molecule is Cc1cc(C)nc(NCCc2[nH]cnc2-c2cccs2)n1. The van der Waals surface area contributed by atoms with Crippen LogP contribution < -0.4 is 5.32 Å². The Morgan fingerprint density at radius 2 is 2.05 bits per heavy atom. The Bertz CT molecular complexity index is 697. The zero-order chi connectivity index (χ0) is 14.7. The van der Waals surface area contributed by atoms with Gasteiger partial charge in [-0.2, -0.15) is 0 Å². The van der Waals surface area contributed by atoms with Crippen molar-refractivity contribution in [3.63, 3.8) is 0 Å². The van der Waals surface area contributed by atoms with Gasteiger partial charge < -0.3 is 10.3 Å². The molecule has 21 heavy (non-hydrogen) atoms. The van der Waals surface area contributed by atoms with Crippen molar-refractivity contribution in [2.45, 2.75) is 20.3 Å². The van der Waals surface area contributed by atoms with Gasteiger partial charge in [-0.3, -0.25) is 0 Å². The third kappa shape index (κ3) is 3.28. The lowest BCUT2D eigenvalue weighted by Crippen LogP contribution is -2.09. The standard InChI is InChI=1S/C15H17N5S/c1-10-8-11(2)20-15(19-10)16-6-5-12-14(18-9-17-12)13-4-3-7-21-13/h3-4,7-9H,5-6H2,1-2H3,(H,17,18)(H,16,19,20). The van der Waals surface area contributed by atoms with Crippen molar-refractivity contribution >= 4 is 17.3 Å². The molecule has 0 aliphatic heterocycles. The normalized spacial score (nSPS) is 10.8. The Morgan fingerprint density at radius 1 is 1.24 bits per heavy atom. The summed E-state index contributed by atoms with van der Waals surface area (Å²) in [6, 6.07) is 6.10. The van der Waals surface area contributed by atoms with Crippen molar-refractivity contribution in [1.29, 1.82) is 0 Å². The van der Waals surface area contributed by atoms with Gasteiger partial charge in [0.2, 0.25) is 5.95 Å². The Morgan fingerprint density at radius 3 is 2.76 bits per heavy atom. The van der Waals surface area contributed by atoms with Crippen molar-refractivity contribution in [3.8, 4) is 10.6 Å². The summed E-state index contributed by atoms with van der Waals surface area (Å²) in [5, 5.41) is 5.34. The van der Waals surface area contributed by atoms with Crippen LogP contribution in [0.3, 0.4) is 0 Å². The maximum Gasteiger partial charge on any atom is 0.223 e. The van der Waals surface area contributed by atoms with Gasteiger partial charge in [0.1, 0.15) is 5.69 Å². The highest BCUT2D eigenvalue weighted by molar-refractivity contribution is 7.13. The molecule has 0 amide bonds. The summed E-state index contributed by atoms with van der Waals surface area (Å²) in [7, 11) is 0. The second-order valence-electron chi connectivity index (χ2n) is 4.86. The van der Waals surface area contributed by atoms with Crippen molar-refractivity contribution in [2.24, 2.45) is 0 Å². The minimum atomic E-state index is 0.685. The number of aromatic nitrogens is 4.